The van der Waals surface area contributed by atoms with Crippen molar-refractivity contribution in [3.63, 3.8) is 0 Å². The molecule has 0 aromatic heterocycles. The summed E-state index contributed by atoms with van der Waals surface area (Å²) in [5.74, 6) is -1.05. The third kappa shape index (κ3) is 4.77. The molecule has 2 amide bonds. The number of hydrogen-bond donors (Lipinski definition) is 3. The van der Waals surface area contributed by atoms with E-state index in [2.05, 4.69) is 16.7 Å². The van der Waals surface area contributed by atoms with Crippen LogP contribution in [0.2, 0.25) is 0 Å². The first-order valence-corrected chi connectivity index (χ1v) is 6.39. The van der Waals surface area contributed by atoms with Gasteiger partial charge in [-0.15, -0.1) is 0 Å². The van der Waals surface area contributed by atoms with Crippen molar-refractivity contribution in [2.45, 2.75) is 51.5 Å². The van der Waals surface area contributed by atoms with Crippen molar-refractivity contribution in [1.82, 2.24) is 10.6 Å². The van der Waals surface area contributed by atoms with Crippen molar-refractivity contribution >= 4 is 12.0 Å². The zero-order chi connectivity index (χ0) is 13.6. The lowest BCUT2D eigenvalue weighted by atomic mass is 9.97. The number of carboxylic acids is 1. The molecule has 102 valence electrons. The number of rotatable bonds is 5. The number of carbonyl (C=O) groups is 2. The Morgan fingerprint density at radius 3 is 2.67 bits per heavy atom. The Kier molecular flexibility index (Phi) is 5.19. The smallest absolute Gasteiger partial charge is 0.328 e. The molecular weight excluding hydrogens is 232 g/mol. The molecule has 3 N–H and O–H groups in total. The van der Waals surface area contributed by atoms with Crippen molar-refractivity contribution in [2.75, 3.05) is 6.54 Å². The molecule has 18 heavy (non-hydrogen) atoms. The highest BCUT2D eigenvalue weighted by atomic mass is 16.4. The van der Waals surface area contributed by atoms with Crippen LogP contribution in [0.1, 0.15) is 46.0 Å². The van der Waals surface area contributed by atoms with Gasteiger partial charge in [0.05, 0.1) is 0 Å². The first kappa shape index (κ1) is 14.5. The topological polar surface area (TPSA) is 78.4 Å². The molecule has 0 saturated carbocycles. The Labute approximate surface area is 108 Å². The first-order chi connectivity index (χ1) is 8.42. The fourth-order valence-corrected chi connectivity index (χ4v) is 1.85. The number of amides is 2. The molecule has 1 rings (SSSR count). The SMILES string of the molecule is CC(C)(NC(=O)NCCC1=CCCCC1)C(=O)O. The average molecular weight is 254 g/mol. The molecule has 0 saturated heterocycles. The van der Waals surface area contributed by atoms with Crippen LogP contribution in [0.5, 0.6) is 0 Å². The minimum atomic E-state index is -1.24. The minimum Gasteiger partial charge on any atom is -0.480 e. The molecule has 0 spiro atoms. The molecule has 0 aromatic rings. The fraction of sp³-hybridized carbons (Fsp3) is 0.692. The summed E-state index contributed by atoms with van der Waals surface area (Å²) in [4.78, 5) is 22.3. The number of carbonyl (C=O) groups excluding carboxylic acids is 1. The molecule has 5 heteroatoms. The van der Waals surface area contributed by atoms with E-state index in [9.17, 15) is 9.59 Å². The molecule has 0 radical (unpaired) electrons. The van der Waals surface area contributed by atoms with Gasteiger partial charge >= 0.3 is 12.0 Å². The van der Waals surface area contributed by atoms with Gasteiger partial charge in [-0.2, -0.15) is 0 Å². The summed E-state index contributed by atoms with van der Waals surface area (Å²) in [6.07, 6.45) is 7.82. The minimum absolute atomic E-state index is 0.432. The van der Waals surface area contributed by atoms with E-state index in [0.29, 0.717) is 6.54 Å². The van der Waals surface area contributed by atoms with Gasteiger partial charge in [0.1, 0.15) is 5.54 Å². The number of carboxylic acid groups (broad SMARTS) is 1. The first-order valence-electron chi connectivity index (χ1n) is 6.39. The van der Waals surface area contributed by atoms with E-state index in [4.69, 9.17) is 5.11 Å². The molecule has 1 aliphatic rings. The average Bonchev–Trinajstić information content (AvgIpc) is 2.29. The van der Waals surface area contributed by atoms with E-state index in [1.54, 1.807) is 0 Å². The Hall–Kier alpha value is -1.52. The lowest BCUT2D eigenvalue weighted by Crippen LogP contribution is -2.53. The Morgan fingerprint density at radius 1 is 1.39 bits per heavy atom. The van der Waals surface area contributed by atoms with E-state index >= 15 is 0 Å². The van der Waals surface area contributed by atoms with E-state index in [-0.39, 0.29) is 0 Å². The van der Waals surface area contributed by atoms with Crippen molar-refractivity contribution in [1.29, 1.82) is 0 Å². The van der Waals surface area contributed by atoms with Gasteiger partial charge in [-0.05, 0) is 46.0 Å². The maximum absolute atomic E-state index is 11.5. The predicted octanol–water partition coefficient (Wildman–Crippen LogP) is 2.04. The van der Waals surface area contributed by atoms with E-state index in [0.717, 1.165) is 19.3 Å². The van der Waals surface area contributed by atoms with Crippen molar-refractivity contribution < 1.29 is 14.7 Å². The van der Waals surface area contributed by atoms with Crippen molar-refractivity contribution in [3.05, 3.63) is 11.6 Å². The molecule has 0 unspecified atom stereocenters. The van der Waals surface area contributed by atoms with Gasteiger partial charge in [0.2, 0.25) is 0 Å². The van der Waals surface area contributed by atoms with Gasteiger partial charge in [-0.3, -0.25) is 0 Å². The summed E-state index contributed by atoms with van der Waals surface area (Å²) >= 11 is 0. The van der Waals surface area contributed by atoms with Crippen LogP contribution in [0.15, 0.2) is 11.6 Å². The highest BCUT2D eigenvalue weighted by Crippen LogP contribution is 2.19. The van der Waals surface area contributed by atoms with E-state index in [1.807, 2.05) is 0 Å². The third-order valence-corrected chi connectivity index (χ3v) is 3.08. The van der Waals surface area contributed by atoms with Crippen LogP contribution < -0.4 is 10.6 Å². The number of aliphatic carboxylic acids is 1. The van der Waals surface area contributed by atoms with Crippen LogP contribution in [0.4, 0.5) is 4.79 Å². The molecule has 1 aliphatic carbocycles. The summed E-state index contributed by atoms with van der Waals surface area (Å²) in [5.41, 5.74) is 0.146. The van der Waals surface area contributed by atoms with Gasteiger partial charge in [-0.25, -0.2) is 9.59 Å². The van der Waals surface area contributed by atoms with Crippen LogP contribution in [-0.2, 0) is 4.79 Å². The maximum atomic E-state index is 11.5. The van der Waals surface area contributed by atoms with Crippen LogP contribution in [0.25, 0.3) is 0 Å². The number of nitrogens with one attached hydrogen (secondary N) is 2. The molecular formula is C13H22N2O3. The Bertz CT molecular complexity index is 348. The zero-order valence-corrected chi connectivity index (χ0v) is 11.1. The lowest BCUT2D eigenvalue weighted by Gasteiger charge is -2.21. The van der Waals surface area contributed by atoms with Crippen LogP contribution in [0, 0.1) is 0 Å². The van der Waals surface area contributed by atoms with Crippen molar-refractivity contribution in [2.24, 2.45) is 0 Å². The van der Waals surface area contributed by atoms with Crippen LogP contribution in [0.3, 0.4) is 0 Å². The van der Waals surface area contributed by atoms with Crippen LogP contribution in [-0.4, -0.2) is 29.2 Å². The summed E-state index contributed by atoms with van der Waals surface area (Å²) in [6.45, 7) is 3.46. The lowest BCUT2D eigenvalue weighted by molar-refractivity contribution is -0.142. The molecule has 0 bridgehead atoms. The van der Waals surface area contributed by atoms with E-state index in [1.165, 1.54) is 32.3 Å². The Balaban J connectivity index is 2.25. The molecule has 0 atom stereocenters. The van der Waals surface area contributed by atoms with E-state index < -0.39 is 17.5 Å². The summed E-state index contributed by atoms with van der Waals surface area (Å²) in [6, 6.07) is -0.432. The van der Waals surface area contributed by atoms with Crippen molar-refractivity contribution in [3.8, 4) is 0 Å². The summed E-state index contributed by atoms with van der Waals surface area (Å²) in [5, 5.41) is 14.0. The predicted molar refractivity (Wildman–Crippen MR) is 69.4 cm³/mol. The second kappa shape index (κ2) is 6.42. The largest absolute Gasteiger partial charge is 0.480 e. The number of hydrogen-bond acceptors (Lipinski definition) is 2. The second-order valence-corrected chi connectivity index (χ2v) is 5.17. The molecule has 0 aliphatic heterocycles. The monoisotopic (exact) mass is 254 g/mol. The molecule has 0 fully saturated rings. The standard InChI is InChI=1S/C13H22N2O3/c1-13(2,11(16)17)15-12(18)14-9-8-10-6-4-3-5-7-10/h6H,3-5,7-9H2,1-2H3,(H,16,17)(H2,14,15,18). The maximum Gasteiger partial charge on any atom is 0.328 e. The Morgan fingerprint density at radius 2 is 2.11 bits per heavy atom. The normalized spacial score (nSPS) is 15.8. The number of allylic oxidation sites excluding steroid dienone is 1. The van der Waals surface area contributed by atoms with Gasteiger partial charge in [0.15, 0.2) is 0 Å². The van der Waals surface area contributed by atoms with Gasteiger partial charge in [0.25, 0.3) is 0 Å². The fourth-order valence-electron chi connectivity index (χ4n) is 1.85. The molecule has 0 aromatic carbocycles. The summed E-state index contributed by atoms with van der Waals surface area (Å²) in [7, 11) is 0. The third-order valence-electron chi connectivity index (χ3n) is 3.08. The summed E-state index contributed by atoms with van der Waals surface area (Å²) < 4.78 is 0. The highest BCUT2D eigenvalue weighted by molar-refractivity contribution is 5.85. The van der Waals surface area contributed by atoms with Gasteiger partial charge in [-0.1, -0.05) is 11.6 Å². The van der Waals surface area contributed by atoms with Crippen LogP contribution >= 0.6 is 0 Å². The quantitative estimate of drug-likeness (QED) is 0.657. The van der Waals surface area contributed by atoms with Gasteiger partial charge < -0.3 is 15.7 Å². The van der Waals surface area contributed by atoms with Gasteiger partial charge in [0, 0.05) is 6.54 Å². The molecule has 0 heterocycles. The zero-order valence-electron chi connectivity index (χ0n) is 11.1. The molecule has 5 nitrogen and oxygen atoms in total. The highest BCUT2D eigenvalue weighted by Gasteiger charge is 2.28. The second-order valence-electron chi connectivity index (χ2n) is 5.17. The number of urea groups is 1.